The zero-order valence-corrected chi connectivity index (χ0v) is 13.4. The summed E-state index contributed by atoms with van der Waals surface area (Å²) in [5.74, 6) is 0. The third kappa shape index (κ3) is 4.05. The van der Waals surface area contributed by atoms with Crippen molar-refractivity contribution in [3.05, 3.63) is 0 Å². The summed E-state index contributed by atoms with van der Waals surface area (Å²) in [6.07, 6.45) is 0. The van der Waals surface area contributed by atoms with E-state index >= 15 is 0 Å². The van der Waals surface area contributed by atoms with E-state index in [4.69, 9.17) is 0 Å². The van der Waals surface area contributed by atoms with E-state index in [2.05, 4.69) is 46.2 Å². The molecule has 3 heteroatoms. The van der Waals surface area contributed by atoms with Crippen molar-refractivity contribution < 1.29 is 0 Å². The molecule has 12 heavy (non-hydrogen) atoms. The van der Waals surface area contributed by atoms with Crippen molar-refractivity contribution in [1.82, 2.24) is 0 Å². The van der Waals surface area contributed by atoms with Gasteiger partial charge in [0.25, 0.3) is 0 Å². The van der Waals surface area contributed by atoms with Crippen molar-refractivity contribution in [3.63, 3.8) is 0 Å². The Balaban J connectivity index is 4.45. The predicted octanol–water partition coefficient (Wildman–Crippen LogP) is 3.14. The molecule has 0 aliphatic rings. The van der Waals surface area contributed by atoms with E-state index in [1.165, 1.54) is 10.8 Å². The minimum Gasteiger partial charge on any atom is -0.0698 e. The van der Waals surface area contributed by atoms with Gasteiger partial charge in [-0.25, -0.2) is 0 Å². The maximum Gasteiger partial charge on any atom is 0.0416 e. The van der Waals surface area contributed by atoms with Crippen LogP contribution in [0.5, 0.6) is 0 Å². The zero-order chi connectivity index (χ0) is 9.99. The molecule has 0 atom stereocenters. The molecule has 0 bridgehead atoms. The van der Waals surface area contributed by atoms with Crippen LogP contribution in [0.3, 0.4) is 0 Å². The molecule has 0 aromatic heterocycles. The highest BCUT2D eigenvalue weighted by atomic mass is 28.4. The Morgan fingerprint density at radius 2 is 1.25 bits per heavy atom. The first kappa shape index (κ1) is 12.7. The molecule has 0 aliphatic heterocycles. The van der Waals surface area contributed by atoms with Crippen LogP contribution in [0.15, 0.2) is 0 Å². The van der Waals surface area contributed by atoms with Crippen LogP contribution in [-0.4, -0.2) is 25.7 Å². The van der Waals surface area contributed by atoms with Gasteiger partial charge in [-0.15, -0.1) is 0 Å². The first-order valence-electron chi connectivity index (χ1n) is 5.19. The molecule has 0 aliphatic carbocycles. The average Bonchev–Trinajstić information content (AvgIpc) is 1.77. The van der Waals surface area contributed by atoms with Gasteiger partial charge in [-0.3, -0.25) is 0 Å². The fourth-order valence-corrected chi connectivity index (χ4v) is 22.1. The third-order valence-electron chi connectivity index (χ3n) is 2.67. The summed E-state index contributed by atoms with van der Waals surface area (Å²) in [5, 5.41) is 0. The molecule has 0 fully saturated rings. The van der Waals surface area contributed by atoms with Gasteiger partial charge < -0.3 is 0 Å². The van der Waals surface area contributed by atoms with Crippen LogP contribution in [0, 0.1) is 0 Å². The fraction of sp³-hybridized carbons (Fsp3) is 1.00. The van der Waals surface area contributed by atoms with Gasteiger partial charge in [-0.05, 0) is 0 Å². The number of rotatable bonds is 4. The molecule has 0 N–H and O–H groups in total. The van der Waals surface area contributed by atoms with E-state index < -0.39 is 16.1 Å². The molecule has 0 spiro atoms. The summed E-state index contributed by atoms with van der Waals surface area (Å²) in [6, 6.07) is 1.51. The Labute approximate surface area is 83.0 Å². The molecular weight excluding hydrogens is 192 g/mol. The van der Waals surface area contributed by atoms with E-state index in [1.807, 2.05) is 0 Å². The normalized spacial score (nSPS) is 15.0. The highest BCUT2D eigenvalue weighted by Crippen LogP contribution is 2.31. The minimum atomic E-state index is -0.820. The lowest BCUT2D eigenvalue weighted by Crippen LogP contribution is -2.46. The molecular formula is C9H26Si3. The van der Waals surface area contributed by atoms with Crippen molar-refractivity contribution >= 4 is 25.7 Å². The number of hydrogen-bond donors (Lipinski definition) is 0. The summed E-state index contributed by atoms with van der Waals surface area (Å²) in [5.41, 5.74) is 0. The van der Waals surface area contributed by atoms with Crippen LogP contribution in [0.1, 0.15) is 6.92 Å². The quantitative estimate of drug-likeness (QED) is 0.636. The zero-order valence-electron chi connectivity index (χ0n) is 9.99. The SMILES string of the molecule is CC[SiH2]C([Si](C)(C)C)[Si](C)(C)C. The Hall–Kier alpha value is 0.651. The van der Waals surface area contributed by atoms with Gasteiger partial charge >= 0.3 is 0 Å². The lowest BCUT2D eigenvalue weighted by Gasteiger charge is -2.38. The predicted molar refractivity (Wildman–Crippen MR) is 69.5 cm³/mol. The highest BCUT2D eigenvalue weighted by Gasteiger charge is 2.36. The average molecular weight is 219 g/mol. The Bertz CT molecular complexity index is 116. The lowest BCUT2D eigenvalue weighted by molar-refractivity contribution is 1.35. The van der Waals surface area contributed by atoms with E-state index in [0.29, 0.717) is 0 Å². The van der Waals surface area contributed by atoms with E-state index in [-0.39, 0.29) is 9.52 Å². The maximum atomic E-state index is 2.57. The Morgan fingerprint density at radius 1 is 0.917 bits per heavy atom. The summed E-state index contributed by atoms with van der Waals surface area (Å²) < 4.78 is 0. The monoisotopic (exact) mass is 218 g/mol. The van der Waals surface area contributed by atoms with Crippen molar-refractivity contribution in [2.24, 2.45) is 0 Å². The smallest absolute Gasteiger partial charge is 0.0416 e. The first-order chi connectivity index (χ1) is 5.19. The van der Waals surface area contributed by atoms with Crippen LogP contribution in [0.25, 0.3) is 0 Å². The second-order valence-corrected chi connectivity index (χ2v) is 21.5. The lowest BCUT2D eigenvalue weighted by atomic mass is 11.0. The van der Waals surface area contributed by atoms with Gasteiger partial charge in [0.15, 0.2) is 0 Å². The van der Waals surface area contributed by atoms with Gasteiger partial charge in [0.2, 0.25) is 0 Å². The van der Waals surface area contributed by atoms with Crippen LogP contribution >= 0.6 is 0 Å². The van der Waals surface area contributed by atoms with E-state index in [0.717, 1.165) is 0 Å². The van der Waals surface area contributed by atoms with Gasteiger partial charge in [-0.2, -0.15) is 0 Å². The van der Waals surface area contributed by atoms with Crippen LogP contribution in [-0.2, 0) is 0 Å². The summed E-state index contributed by atoms with van der Waals surface area (Å²) >= 11 is 0. The summed E-state index contributed by atoms with van der Waals surface area (Å²) in [4.78, 5) is 1.25. The number of hydrogen-bond acceptors (Lipinski definition) is 0. The fourth-order valence-electron chi connectivity index (χ4n) is 2.45. The minimum absolute atomic E-state index is 0.251. The maximum absolute atomic E-state index is 2.57. The van der Waals surface area contributed by atoms with Crippen LogP contribution in [0.2, 0.25) is 50.1 Å². The van der Waals surface area contributed by atoms with Crippen LogP contribution < -0.4 is 0 Å². The topological polar surface area (TPSA) is 0 Å². The molecule has 0 amide bonds. The molecule has 0 rings (SSSR count). The molecule has 0 radical (unpaired) electrons. The van der Waals surface area contributed by atoms with Crippen molar-refractivity contribution in [2.45, 2.75) is 57.0 Å². The van der Waals surface area contributed by atoms with Gasteiger partial charge in [0, 0.05) is 25.7 Å². The molecule has 0 saturated carbocycles. The molecule has 0 unspecified atom stereocenters. The second kappa shape index (κ2) is 4.24. The third-order valence-corrected chi connectivity index (χ3v) is 22.3. The standard InChI is InChI=1S/C9H26Si3/c1-8-10-9(11(2,3)4)12(5,6)7/h9H,8,10H2,1-7H3. The van der Waals surface area contributed by atoms with Crippen LogP contribution in [0.4, 0.5) is 0 Å². The van der Waals surface area contributed by atoms with Crippen molar-refractivity contribution in [2.75, 3.05) is 0 Å². The second-order valence-electron chi connectivity index (χ2n) is 6.07. The first-order valence-corrected chi connectivity index (χ1v) is 14.2. The molecule has 0 aromatic rings. The molecule has 0 heterocycles. The molecule has 74 valence electrons. The Kier molecular flexibility index (Phi) is 4.47. The molecule has 0 nitrogen and oxygen atoms in total. The Morgan fingerprint density at radius 3 is 1.33 bits per heavy atom. The summed E-state index contributed by atoms with van der Waals surface area (Å²) in [6.45, 7) is 17.8. The summed E-state index contributed by atoms with van der Waals surface area (Å²) in [7, 11) is -1.39. The highest BCUT2D eigenvalue weighted by molar-refractivity contribution is 7.04. The van der Waals surface area contributed by atoms with Gasteiger partial charge in [0.1, 0.15) is 0 Å². The largest absolute Gasteiger partial charge is 0.0698 e. The molecule has 0 saturated heterocycles. The molecule has 0 aromatic carbocycles. The van der Waals surface area contributed by atoms with Gasteiger partial charge in [0.05, 0.1) is 0 Å². The van der Waals surface area contributed by atoms with E-state index in [9.17, 15) is 0 Å². The van der Waals surface area contributed by atoms with Crippen molar-refractivity contribution in [1.29, 1.82) is 0 Å². The van der Waals surface area contributed by atoms with E-state index in [1.54, 1.807) is 0 Å². The van der Waals surface area contributed by atoms with Gasteiger partial charge in [-0.1, -0.05) is 57.0 Å². The van der Waals surface area contributed by atoms with Crippen molar-refractivity contribution in [3.8, 4) is 0 Å².